The van der Waals surface area contributed by atoms with Crippen LogP contribution in [0.3, 0.4) is 0 Å². The van der Waals surface area contributed by atoms with Crippen molar-refractivity contribution in [2.75, 3.05) is 13.2 Å². The van der Waals surface area contributed by atoms with Gasteiger partial charge >= 0.3 is 0 Å². The van der Waals surface area contributed by atoms with E-state index in [4.69, 9.17) is 4.74 Å². The lowest BCUT2D eigenvalue weighted by Gasteiger charge is -2.44. The zero-order valence-electron chi connectivity index (χ0n) is 10.7. The summed E-state index contributed by atoms with van der Waals surface area (Å²) in [7, 11) is 0. The highest BCUT2D eigenvalue weighted by Crippen LogP contribution is 2.42. The minimum Gasteiger partial charge on any atom is -0.390 e. The highest BCUT2D eigenvalue weighted by molar-refractivity contribution is 4.92. The molecule has 0 spiro atoms. The number of aliphatic hydroxyl groups is 1. The first-order valence-corrected chi connectivity index (χ1v) is 6.92. The molecule has 1 saturated carbocycles. The molecule has 2 heteroatoms. The van der Waals surface area contributed by atoms with Crippen molar-refractivity contribution in [3.63, 3.8) is 0 Å². The standard InChI is InChI=1S/C14H26O2/c1-11-4-3-7-14(15,12(11)2)10-13-5-8-16-9-6-13/h11-13,15H,3-10H2,1-2H3. The lowest BCUT2D eigenvalue weighted by Crippen LogP contribution is -2.45. The van der Waals surface area contributed by atoms with Crippen LogP contribution in [0, 0.1) is 17.8 Å². The number of ether oxygens (including phenoxy) is 1. The normalized spacial score (nSPS) is 42.2. The van der Waals surface area contributed by atoms with Crippen LogP contribution in [0.25, 0.3) is 0 Å². The first-order chi connectivity index (χ1) is 7.62. The largest absolute Gasteiger partial charge is 0.390 e. The Balaban J connectivity index is 1.94. The second-order valence-corrected chi connectivity index (χ2v) is 6.02. The predicted octanol–water partition coefficient (Wildman–Crippen LogP) is 2.99. The molecule has 0 aromatic heterocycles. The average molecular weight is 226 g/mol. The van der Waals surface area contributed by atoms with Gasteiger partial charge in [-0.3, -0.25) is 0 Å². The van der Waals surface area contributed by atoms with E-state index >= 15 is 0 Å². The van der Waals surface area contributed by atoms with Crippen molar-refractivity contribution in [2.45, 2.75) is 58.0 Å². The van der Waals surface area contributed by atoms with E-state index in [1.54, 1.807) is 0 Å². The van der Waals surface area contributed by atoms with Gasteiger partial charge in [-0.25, -0.2) is 0 Å². The molecule has 2 aliphatic rings. The van der Waals surface area contributed by atoms with Gasteiger partial charge in [0.2, 0.25) is 0 Å². The Labute approximate surface area is 99.4 Å². The van der Waals surface area contributed by atoms with Gasteiger partial charge in [0.1, 0.15) is 0 Å². The number of hydrogen-bond donors (Lipinski definition) is 1. The van der Waals surface area contributed by atoms with E-state index in [-0.39, 0.29) is 5.60 Å². The molecule has 1 aliphatic carbocycles. The fraction of sp³-hybridized carbons (Fsp3) is 1.00. The van der Waals surface area contributed by atoms with Crippen molar-refractivity contribution in [3.05, 3.63) is 0 Å². The van der Waals surface area contributed by atoms with Crippen LogP contribution in [0.4, 0.5) is 0 Å². The zero-order valence-corrected chi connectivity index (χ0v) is 10.7. The summed E-state index contributed by atoms with van der Waals surface area (Å²) in [4.78, 5) is 0. The first-order valence-electron chi connectivity index (χ1n) is 6.92. The summed E-state index contributed by atoms with van der Waals surface area (Å²) in [5.74, 6) is 1.83. The number of rotatable bonds is 2. The fourth-order valence-corrected chi connectivity index (χ4v) is 3.48. The molecule has 16 heavy (non-hydrogen) atoms. The van der Waals surface area contributed by atoms with Crippen LogP contribution in [0.1, 0.15) is 52.4 Å². The van der Waals surface area contributed by atoms with E-state index < -0.39 is 0 Å². The van der Waals surface area contributed by atoms with Gasteiger partial charge in [-0.05, 0) is 43.4 Å². The Morgan fingerprint density at radius 3 is 2.56 bits per heavy atom. The van der Waals surface area contributed by atoms with Crippen molar-refractivity contribution in [2.24, 2.45) is 17.8 Å². The summed E-state index contributed by atoms with van der Waals surface area (Å²) < 4.78 is 5.39. The van der Waals surface area contributed by atoms with Gasteiger partial charge in [-0.15, -0.1) is 0 Å². The maximum Gasteiger partial charge on any atom is 0.0678 e. The molecular weight excluding hydrogens is 200 g/mol. The van der Waals surface area contributed by atoms with Crippen LogP contribution in [0.2, 0.25) is 0 Å². The Kier molecular flexibility index (Phi) is 3.91. The maximum atomic E-state index is 10.8. The summed E-state index contributed by atoms with van der Waals surface area (Å²) in [5.41, 5.74) is -0.389. The van der Waals surface area contributed by atoms with Gasteiger partial charge in [0.15, 0.2) is 0 Å². The molecule has 0 aromatic rings. The highest BCUT2D eigenvalue weighted by Gasteiger charge is 2.41. The second kappa shape index (κ2) is 5.05. The maximum absolute atomic E-state index is 10.8. The molecule has 0 radical (unpaired) electrons. The molecule has 1 N–H and O–H groups in total. The Morgan fingerprint density at radius 2 is 1.88 bits per heavy atom. The topological polar surface area (TPSA) is 29.5 Å². The van der Waals surface area contributed by atoms with Crippen LogP contribution in [-0.2, 0) is 4.74 Å². The molecule has 1 aliphatic heterocycles. The van der Waals surface area contributed by atoms with Gasteiger partial charge in [-0.1, -0.05) is 26.7 Å². The van der Waals surface area contributed by atoms with Gasteiger partial charge in [0, 0.05) is 13.2 Å². The third-order valence-corrected chi connectivity index (χ3v) is 4.95. The first kappa shape index (κ1) is 12.4. The molecule has 3 atom stereocenters. The molecule has 0 amide bonds. The third-order valence-electron chi connectivity index (χ3n) is 4.95. The monoisotopic (exact) mass is 226 g/mol. The molecule has 0 bridgehead atoms. The van der Waals surface area contributed by atoms with E-state index in [0.29, 0.717) is 17.8 Å². The highest BCUT2D eigenvalue weighted by atomic mass is 16.5. The van der Waals surface area contributed by atoms with E-state index in [1.165, 1.54) is 12.8 Å². The van der Waals surface area contributed by atoms with E-state index in [9.17, 15) is 5.11 Å². The molecular formula is C14H26O2. The van der Waals surface area contributed by atoms with Crippen molar-refractivity contribution in [1.29, 1.82) is 0 Å². The molecule has 1 saturated heterocycles. The van der Waals surface area contributed by atoms with E-state index in [1.807, 2.05) is 0 Å². The lowest BCUT2D eigenvalue weighted by atomic mass is 9.66. The second-order valence-electron chi connectivity index (χ2n) is 6.02. The summed E-state index contributed by atoms with van der Waals surface area (Å²) in [5, 5.41) is 10.8. The molecule has 3 unspecified atom stereocenters. The van der Waals surface area contributed by atoms with Crippen LogP contribution < -0.4 is 0 Å². The van der Waals surface area contributed by atoms with E-state index in [2.05, 4.69) is 13.8 Å². The Morgan fingerprint density at radius 1 is 1.19 bits per heavy atom. The number of hydrogen-bond acceptors (Lipinski definition) is 2. The van der Waals surface area contributed by atoms with Gasteiger partial charge in [0.05, 0.1) is 5.60 Å². The van der Waals surface area contributed by atoms with Gasteiger partial charge < -0.3 is 9.84 Å². The van der Waals surface area contributed by atoms with Gasteiger partial charge in [-0.2, -0.15) is 0 Å². The average Bonchev–Trinajstić information content (AvgIpc) is 2.27. The summed E-state index contributed by atoms with van der Waals surface area (Å²) in [6.45, 7) is 6.32. The molecule has 2 rings (SSSR count). The van der Waals surface area contributed by atoms with Crippen LogP contribution in [0.5, 0.6) is 0 Å². The van der Waals surface area contributed by atoms with Crippen LogP contribution >= 0.6 is 0 Å². The Hall–Kier alpha value is -0.0800. The third kappa shape index (κ3) is 2.60. The quantitative estimate of drug-likeness (QED) is 0.784. The van der Waals surface area contributed by atoms with Crippen molar-refractivity contribution < 1.29 is 9.84 Å². The van der Waals surface area contributed by atoms with Crippen molar-refractivity contribution >= 4 is 0 Å². The SMILES string of the molecule is CC1CCCC(O)(CC2CCOCC2)C1C. The summed E-state index contributed by atoms with van der Waals surface area (Å²) in [6.07, 6.45) is 6.78. The lowest BCUT2D eigenvalue weighted by molar-refractivity contribution is -0.0881. The van der Waals surface area contributed by atoms with E-state index in [0.717, 1.165) is 38.9 Å². The summed E-state index contributed by atoms with van der Waals surface area (Å²) >= 11 is 0. The van der Waals surface area contributed by atoms with Crippen molar-refractivity contribution in [1.82, 2.24) is 0 Å². The van der Waals surface area contributed by atoms with Crippen LogP contribution in [-0.4, -0.2) is 23.9 Å². The fourth-order valence-electron chi connectivity index (χ4n) is 3.48. The molecule has 2 nitrogen and oxygen atoms in total. The zero-order chi connectivity index (χ0) is 11.6. The Bertz CT molecular complexity index is 223. The predicted molar refractivity (Wildman–Crippen MR) is 65.3 cm³/mol. The van der Waals surface area contributed by atoms with Crippen molar-refractivity contribution in [3.8, 4) is 0 Å². The smallest absolute Gasteiger partial charge is 0.0678 e. The summed E-state index contributed by atoms with van der Waals surface area (Å²) in [6, 6.07) is 0. The van der Waals surface area contributed by atoms with Crippen LogP contribution in [0.15, 0.2) is 0 Å². The minimum absolute atomic E-state index is 0.389. The minimum atomic E-state index is -0.389. The van der Waals surface area contributed by atoms with Gasteiger partial charge in [0.25, 0.3) is 0 Å². The molecule has 94 valence electrons. The molecule has 2 fully saturated rings. The molecule has 1 heterocycles. The molecule has 0 aromatic carbocycles.